The Morgan fingerprint density at radius 1 is 1.00 bits per heavy atom. The zero-order valence-corrected chi connectivity index (χ0v) is 23.8. The molecule has 1 aliphatic carbocycles. The van der Waals surface area contributed by atoms with Crippen molar-refractivity contribution < 1.29 is 33.7 Å². The highest BCUT2D eigenvalue weighted by Gasteiger charge is 2.44. The molecule has 222 valence electrons. The van der Waals surface area contributed by atoms with Gasteiger partial charge in [0.25, 0.3) is 0 Å². The molecule has 2 fully saturated rings. The maximum absolute atomic E-state index is 14.0. The molecule has 0 radical (unpaired) electrons. The molecule has 1 unspecified atom stereocenters. The molecule has 2 aromatic rings. The first-order valence-electron chi connectivity index (χ1n) is 14.6. The lowest BCUT2D eigenvalue weighted by atomic mass is 9.83. The summed E-state index contributed by atoms with van der Waals surface area (Å²) < 4.78 is 16.8. The molecule has 3 atom stereocenters. The molecule has 0 bridgehead atoms. The minimum Gasteiger partial charge on any atom is -0.508 e. The van der Waals surface area contributed by atoms with Crippen LogP contribution >= 0.6 is 0 Å². The Kier molecular flexibility index (Phi) is 11.6. The van der Waals surface area contributed by atoms with E-state index in [9.17, 15) is 19.5 Å². The van der Waals surface area contributed by atoms with Crippen LogP contribution in [0.5, 0.6) is 5.75 Å². The quantitative estimate of drug-likeness (QED) is 0.280. The van der Waals surface area contributed by atoms with Gasteiger partial charge in [-0.1, -0.05) is 61.7 Å². The van der Waals surface area contributed by atoms with Crippen molar-refractivity contribution in [2.45, 2.75) is 76.2 Å². The van der Waals surface area contributed by atoms with Gasteiger partial charge in [-0.2, -0.15) is 0 Å². The molecule has 1 aliphatic heterocycles. The Morgan fingerprint density at radius 2 is 1.76 bits per heavy atom. The lowest BCUT2D eigenvalue weighted by molar-refractivity contribution is -0.152. The third kappa shape index (κ3) is 9.03. The van der Waals surface area contributed by atoms with Crippen molar-refractivity contribution in [1.82, 2.24) is 10.2 Å². The Balaban J connectivity index is 1.35. The number of amides is 2. The minimum absolute atomic E-state index is 0.00981. The fourth-order valence-electron chi connectivity index (χ4n) is 5.80. The number of methoxy groups -OCH3 is 1. The Hall–Kier alpha value is -3.43. The van der Waals surface area contributed by atoms with Gasteiger partial charge in [-0.05, 0) is 48.4 Å². The van der Waals surface area contributed by atoms with Gasteiger partial charge in [-0.15, -0.1) is 0 Å². The number of nitrogens with one attached hydrogen (secondary N) is 1. The SMILES string of the molecule is COC(=O)C1C[C@@H](OCCCOCc2ccccc2)CN1C(=O)[C@@H](NC(=O)Cc1cccc(O)c1)C1CCCCC1. The van der Waals surface area contributed by atoms with E-state index in [2.05, 4.69) is 5.32 Å². The number of hydrogen-bond acceptors (Lipinski definition) is 7. The van der Waals surface area contributed by atoms with Gasteiger partial charge in [0.15, 0.2) is 0 Å². The van der Waals surface area contributed by atoms with Crippen LogP contribution in [-0.4, -0.2) is 72.8 Å². The van der Waals surface area contributed by atoms with Crippen LogP contribution < -0.4 is 5.32 Å². The van der Waals surface area contributed by atoms with Crippen molar-refractivity contribution >= 4 is 17.8 Å². The number of carbonyl (C=O) groups is 3. The minimum atomic E-state index is -0.763. The molecular formula is C32H42N2O7. The normalized spacial score (nSPS) is 20.0. The molecule has 0 spiro atoms. The molecule has 9 heteroatoms. The lowest BCUT2D eigenvalue weighted by Crippen LogP contribution is -2.55. The van der Waals surface area contributed by atoms with Crippen molar-refractivity contribution in [3.8, 4) is 5.75 Å². The van der Waals surface area contributed by atoms with Gasteiger partial charge < -0.3 is 29.5 Å². The number of rotatable bonds is 13. The summed E-state index contributed by atoms with van der Waals surface area (Å²) in [5.74, 6) is -0.971. The highest BCUT2D eigenvalue weighted by Crippen LogP contribution is 2.30. The van der Waals surface area contributed by atoms with E-state index in [0.717, 1.165) is 37.7 Å². The first-order chi connectivity index (χ1) is 19.9. The number of nitrogens with zero attached hydrogens (tertiary/aromatic N) is 1. The molecule has 1 saturated heterocycles. The van der Waals surface area contributed by atoms with Crippen LogP contribution in [0.4, 0.5) is 0 Å². The Bertz CT molecular complexity index is 1140. The molecule has 0 aromatic heterocycles. The molecule has 2 N–H and O–H groups in total. The summed E-state index contributed by atoms with van der Waals surface area (Å²) in [6.45, 7) is 1.79. The van der Waals surface area contributed by atoms with Gasteiger partial charge in [0.05, 0.1) is 26.2 Å². The van der Waals surface area contributed by atoms with Crippen molar-refractivity contribution in [3.05, 3.63) is 65.7 Å². The number of ether oxygens (including phenoxy) is 3. The monoisotopic (exact) mass is 566 g/mol. The van der Waals surface area contributed by atoms with Crippen LogP contribution in [0.25, 0.3) is 0 Å². The van der Waals surface area contributed by atoms with Gasteiger partial charge in [0, 0.05) is 26.2 Å². The van der Waals surface area contributed by atoms with Crippen LogP contribution in [0, 0.1) is 5.92 Å². The van der Waals surface area contributed by atoms with Crippen LogP contribution in [0.1, 0.15) is 56.1 Å². The van der Waals surface area contributed by atoms with Gasteiger partial charge in [0.1, 0.15) is 17.8 Å². The summed E-state index contributed by atoms with van der Waals surface area (Å²) in [6, 6.07) is 15.0. The first kappa shape index (κ1) is 30.5. The third-order valence-electron chi connectivity index (χ3n) is 7.90. The average Bonchev–Trinajstić information content (AvgIpc) is 3.42. The number of likely N-dealkylation sites (tertiary alicyclic amines) is 1. The van der Waals surface area contributed by atoms with Gasteiger partial charge in [-0.25, -0.2) is 4.79 Å². The van der Waals surface area contributed by atoms with Crippen molar-refractivity contribution in [2.24, 2.45) is 5.92 Å². The number of esters is 1. The summed E-state index contributed by atoms with van der Waals surface area (Å²) >= 11 is 0. The molecule has 2 amide bonds. The van der Waals surface area contributed by atoms with Crippen molar-refractivity contribution in [3.63, 3.8) is 0 Å². The van der Waals surface area contributed by atoms with Crippen LogP contribution in [0.2, 0.25) is 0 Å². The topological polar surface area (TPSA) is 114 Å². The second kappa shape index (κ2) is 15.5. The molecular weight excluding hydrogens is 524 g/mol. The zero-order chi connectivity index (χ0) is 29.0. The molecule has 41 heavy (non-hydrogen) atoms. The van der Waals surface area contributed by atoms with E-state index in [4.69, 9.17) is 14.2 Å². The maximum Gasteiger partial charge on any atom is 0.328 e. The summed E-state index contributed by atoms with van der Waals surface area (Å²) in [4.78, 5) is 41.3. The summed E-state index contributed by atoms with van der Waals surface area (Å²) in [7, 11) is 1.32. The van der Waals surface area contributed by atoms with E-state index in [1.165, 1.54) is 12.0 Å². The Labute approximate surface area is 242 Å². The second-order valence-corrected chi connectivity index (χ2v) is 10.9. The van der Waals surface area contributed by atoms with E-state index in [0.29, 0.717) is 38.2 Å². The molecule has 4 rings (SSSR count). The molecule has 1 saturated carbocycles. The summed E-state index contributed by atoms with van der Waals surface area (Å²) in [5, 5.41) is 12.8. The van der Waals surface area contributed by atoms with E-state index in [1.54, 1.807) is 24.3 Å². The zero-order valence-electron chi connectivity index (χ0n) is 23.8. The van der Waals surface area contributed by atoms with Gasteiger partial charge >= 0.3 is 5.97 Å². The number of carbonyl (C=O) groups excluding carboxylic acids is 3. The number of phenols is 1. The average molecular weight is 567 g/mol. The number of aromatic hydroxyl groups is 1. The highest BCUT2D eigenvalue weighted by atomic mass is 16.5. The maximum atomic E-state index is 14.0. The molecule has 9 nitrogen and oxygen atoms in total. The first-order valence-corrected chi connectivity index (χ1v) is 14.6. The van der Waals surface area contributed by atoms with E-state index < -0.39 is 18.1 Å². The van der Waals surface area contributed by atoms with Crippen LogP contribution in [0.3, 0.4) is 0 Å². The predicted molar refractivity (Wildman–Crippen MR) is 153 cm³/mol. The molecule has 2 aromatic carbocycles. The van der Waals surface area contributed by atoms with Crippen molar-refractivity contribution in [2.75, 3.05) is 26.9 Å². The predicted octanol–water partition coefficient (Wildman–Crippen LogP) is 3.77. The van der Waals surface area contributed by atoms with E-state index in [1.807, 2.05) is 30.3 Å². The molecule has 2 aliphatic rings. The smallest absolute Gasteiger partial charge is 0.328 e. The Morgan fingerprint density at radius 3 is 2.49 bits per heavy atom. The van der Waals surface area contributed by atoms with Gasteiger partial charge in [0.2, 0.25) is 11.8 Å². The fourth-order valence-corrected chi connectivity index (χ4v) is 5.80. The third-order valence-corrected chi connectivity index (χ3v) is 7.90. The van der Waals surface area contributed by atoms with Crippen LogP contribution in [0.15, 0.2) is 54.6 Å². The number of hydrogen-bond donors (Lipinski definition) is 2. The summed E-state index contributed by atoms with van der Waals surface area (Å²) in [6.07, 6.45) is 5.54. The standard InChI is InChI=1S/C32H42N2O7/c1-39-32(38)28-20-27(41-17-9-16-40-22-23-10-4-2-5-11-23)21-34(28)31(37)30(25-13-6-3-7-14-25)33-29(36)19-24-12-8-15-26(35)18-24/h2,4-5,8,10-12,15,18,25,27-28,30,35H,3,6-7,9,13-14,16-17,19-22H2,1H3,(H,33,36)/t27-,28?,30+/m1/s1. The highest BCUT2D eigenvalue weighted by molar-refractivity contribution is 5.92. The second-order valence-electron chi connectivity index (χ2n) is 10.9. The van der Waals surface area contributed by atoms with E-state index in [-0.39, 0.29) is 42.6 Å². The van der Waals surface area contributed by atoms with E-state index >= 15 is 0 Å². The largest absolute Gasteiger partial charge is 0.508 e. The number of phenolic OH excluding ortho intramolecular Hbond substituents is 1. The van der Waals surface area contributed by atoms with Crippen molar-refractivity contribution in [1.29, 1.82) is 0 Å². The number of benzene rings is 2. The lowest BCUT2D eigenvalue weighted by Gasteiger charge is -2.34. The summed E-state index contributed by atoms with van der Waals surface area (Å²) in [5.41, 5.74) is 1.77. The van der Waals surface area contributed by atoms with Crippen LogP contribution in [-0.2, 0) is 41.6 Å². The fraction of sp³-hybridized carbons (Fsp3) is 0.531. The van der Waals surface area contributed by atoms with Gasteiger partial charge in [-0.3, -0.25) is 9.59 Å². The molecule has 1 heterocycles.